The minimum atomic E-state index is -0.436. The molecule has 0 aromatic heterocycles. The zero-order chi connectivity index (χ0) is 15.4. The van der Waals surface area contributed by atoms with E-state index >= 15 is 0 Å². The maximum absolute atomic E-state index is 12.1. The summed E-state index contributed by atoms with van der Waals surface area (Å²) in [4.78, 5) is 28.9. The van der Waals surface area contributed by atoms with Crippen LogP contribution in [0.3, 0.4) is 0 Å². The predicted molar refractivity (Wildman–Crippen MR) is 86.9 cm³/mol. The molecule has 1 saturated heterocycles. The van der Waals surface area contributed by atoms with Crippen molar-refractivity contribution < 1.29 is 9.59 Å². The quantitative estimate of drug-likeness (QED) is 0.934. The first-order valence-electron chi connectivity index (χ1n) is 6.96. The number of urea groups is 1. The van der Waals surface area contributed by atoms with E-state index in [2.05, 4.69) is 24.2 Å². The van der Waals surface area contributed by atoms with Gasteiger partial charge in [0.1, 0.15) is 0 Å². The van der Waals surface area contributed by atoms with Crippen molar-refractivity contribution in [2.24, 2.45) is 4.99 Å². The van der Waals surface area contributed by atoms with Crippen LogP contribution in [-0.4, -0.2) is 34.8 Å². The van der Waals surface area contributed by atoms with Gasteiger partial charge in [-0.1, -0.05) is 43.8 Å². The lowest BCUT2D eigenvalue weighted by atomic mass is 10.0. The first kappa shape index (κ1) is 15.6. The van der Waals surface area contributed by atoms with Gasteiger partial charge in [-0.3, -0.25) is 9.69 Å². The SMILES string of the molecule is CCc1cccc(CC)c1NC(=O)/N=C1/SCC(=O)N1C. The van der Waals surface area contributed by atoms with E-state index in [9.17, 15) is 9.59 Å². The Hall–Kier alpha value is -1.82. The van der Waals surface area contributed by atoms with Crippen molar-refractivity contribution in [3.8, 4) is 0 Å². The standard InChI is InChI=1S/C15H19N3O2S/c1-4-10-7-6-8-11(5-2)13(10)16-14(20)17-15-18(3)12(19)9-21-15/h6-8H,4-5,9H2,1-3H3,(H,16,20)/b17-15+. The van der Waals surface area contributed by atoms with Crippen LogP contribution in [0.1, 0.15) is 25.0 Å². The van der Waals surface area contributed by atoms with E-state index < -0.39 is 6.03 Å². The van der Waals surface area contributed by atoms with Crippen molar-refractivity contribution in [2.75, 3.05) is 18.1 Å². The number of hydrogen-bond donors (Lipinski definition) is 1. The lowest BCUT2D eigenvalue weighted by molar-refractivity contribution is -0.123. The van der Waals surface area contributed by atoms with Crippen LogP contribution < -0.4 is 5.32 Å². The van der Waals surface area contributed by atoms with Gasteiger partial charge in [0.05, 0.1) is 5.75 Å². The number of carbonyl (C=O) groups is 2. The molecule has 0 aliphatic carbocycles. The molecule has 21 heavy (non-hydrogen) atoms. The number of nitrogens with zero attached hydrogens (tertiary/aromatic N) is 2. The lowest BCUT2D eigenvalue weighted by Gasteiger charge is -2.13. The van der Waals surface area contributed by atoms with Crippen molar-refractivity contribution >= 4 is 34.6 Å². The molecular formula is C15H19N3O2S. The molecule has 1 aliphatic rings. The molecule has 0 atom stereocenters. The summed E-state index contributed by atoms with van der Waals surface area (Å²) in [5, 5.41) is 3.31. The summed E-state index contributed by atoms with van der Waals surface area (Å²) in [5.41, 5.74) is 3.02. The fraction of sp³-hybridized carbons (Fsp3) is 0.400. The van der Waals surface area contributed by atoms with Crippen LogP contribution in [-0.2, 0) is 17.6 Å². The molecule has 3 amide bonds. The van der Waals surface area contributed by atoms with Crippen LogP contribution in [0.4, 0.5) is 10.5 Å². The fourth-order valence-electron chi connectivity index (χ4n) is 2.16. The maximum Gasteiger partial charge on any atom is 0.347 e. The third kappa shape index (κ3) is 3.44. The molecule has 1 aromatic rings. The molecule has 0 unspecified atom stereocenters. The minimum absolute atomic E-state index is 0.0326. The van der Waals surface area contributed by atoms with Gasteiger partial charge in [0.25, 0.3) is 0 Å². The molecule has 1 aliphatic heterocycles. The molecule has 2 rings (SSSR count). The first-order valence-corrected chi connectivity index (χ1v) is 7.95. The smallest absolute Gasteiger partial charge is 0.305 e. The van der Waals surface area contributed by atoms with Crippen molar-refractivity contribution in [1.29, 1.82) is 0 Å². The van der Waals surface area contributed by atoms with E-state index in [1.165, 1.54) is 16.7 Å². The van der Waals surface area contributed by atoms with Gasteiger partial charge < -0.3 is 5.32 Å². The van der Waals surface area contributed by atoms with E-state index in [4.69, 9.17) is 0 Å². The van der Waals surface area contributed by atoms with Gasteiger partial charge in [-0.05, 0) is 24.0 Å². The van der Waals surface area contributed by atoms with E-state index in [0.717, 1.165) is 29.7 Å². The Balaban J connectivity index is 2.20. The molecule has 1 N–H and O–H groups in total. The monoisotopic (exact) mass is 305 g/mol. The van der Waals surface area contributed by atoms with Gasteiger partial charge in [0, 0.05) is 12.7 Å². The van der Waals surface area contributed by atoms with Crippen LogP contribution in [0.25, 0.3) is 0 Å². The van der Waals surface area contributed by atoms with Gasteiger partial charge >= 0.3 is 6.03 Å². The van der Waals surface area contributed by atoms with Gasteiger partial charge in [-0.25, -0.2) is 4.79 Å². The van der Waals surface area contributed by atoms with E-state index in [1.54, 1.807) is 7.05 Å². The van der Waals surface area contributed by atoms with E-state index in [0.29, 0.717) is 10.9 Å². The molecule has 0 saturated carbocycles. The number of aliphatic imine (C=N–C) groups is 1. The highest BCUT2D eigenvalue weighted by atomic mass is 32.2. The number of amides is 3. The van der Waals surface area contributed by atoms with Gasteiger partial charge in [0.2, 0.25) is 5.91 Å². The Morgan fingerprint density at radius 3 is 2.43 bits per heavy atom. The van der Waals surface area contributed by atoms with Crippen LogP contribution in [0.5, 0.6) is 0 Å². The summed E-state index contributed by atoms with van der Waals surface area (Å²) in [6.45, 7) is 4.10. The second-order valence-corrected chi connectivity index (χ2v) is 5.67. The number of para-hydroxylation sites is 1. The third-order valence-corrected chi connectivity index (χ3v) is 4.43. The molecule has 112 valence electrons. The van der Waals surface area contributed by atoms with Crippen LogP contribution in [0.2, 0.25) is 0 Å². The number of carbonyl (C=O) groups excluding carboxylic acids is 2. The highest BCUT2D eigenvalue weighted by Crippen LogP contribution is 2.23. The fourth-order valence-corrected chi connectivity index (χ4v) is 3.05. The topological polar surface area (TPSA) is 61.8 Å². The molecule has 1 aromatic carbocycles. The Labute approximate surface area is 128 Å². The summed E-state index contributed by atoms with van der Waals surface area (Å²) in [5.74, 6) is 0.309. The van der Waals surface area contributed by atoms with E-state index in [-0.39, 0.29) is 5.91 Å². The van der Waals surface area contributed by atoms with Crippen LogP contribution >= 0.6 is 11.8 Å². The van der Waals surface area contributed by atoms with Gasteiger partial charge in [-0.2, -0.15) is 4.99 Å². The number of amidine groups is 1. The molecule has 0 bridgehead atoms. The van der Waals surface area contributed by atoms with Gasteiger partial charge in [0.15, 0.2) is 5.17 Å². The maximum atomic E-state index is 12.1. The summed E-state index contributed by atoms with van der Waals surface area (Å²) in [6.07, 6.45) is 1.68. The Morgan fingerprint density at radius 1 is 1.33 bits per heavy atom. The Bertz CT molecular complexity index is 576. The zero-order valence-electron chi connectivity index (χ0n) is 12.5. The van der Waals surface area contributed by atoms with E-state index in [1.807, 2.05) is 18.2 Å². The number of rotatable bonds is 3. The molecule has 0 radical (unpaired) electrons. The summed E-state index contributed by atoms with van der Waals surface area (Å²) >= 11 is 1.28. The Kier molecular flexibility index (Phi) is 5.01. The van der Waals surface area contributed by atoms with Crippen molar-refractivity contribution in [3.63, 3.8) is 0 Å². The highest BCUT2D eigenvalue weighted by molar-refractivity contribution is 8.15. The molecule has 1 heterocycles. The number of hydrogen-bond acceptors (Lipinski definition) is 3. The molecule has 5 nitrogen and oxygen atoms in total. The van der Waals surface area contributed by atoms with Crippen molar-refractivity contribution in [3.05, 3.63) is 29.3 Å². The second kappa shape index (κ2) is 6.76. The van der Waals surface area contributed by atoms with Crippen molar-refractivity contribution in [1.82, 2.24) is 4.90 Å². The summed E-state index contributed by atoms with van der Waals surface area (Å²) in [6, 6.07) is 5.57. The molecule has 6 heteroatoms. The molecular weight excluding hydrogens is 286 g/mol. The number of thioether (sulfide) groups is 1. The first-order chi connectivity index (χ1) is 10.1. The lowest BCUT2D eigenvalue weighted by Crippen LogP contribution is -2.25. The summed E-state index contributed by atoms with van der Waals surface area (Å²) < 4.78 is 0. The zero-order valence-corrected chi connectivity index (χ0v) is 13.3. The second-order valence-electron chi connectivity index (χ2n) is 4.72. The van der Waals surface area contributed by atoms with Crippen molar-refractivity contribution in [2.45, 2.75) is 26.7 Å². The number of nitrogens with one attached hydrogen (secondary N) is 1. The average molecular weight is 305 g/mol. The number of aryl methyl sites for hydroxylation is 2. The minimum Gasteiger partial charge on any atom is -0.305 e. The molecule has 1 fully saturated rings. The number of anilines is 1. The normalized spacial score (nSPS) is 16.6. The van der Waals surface area contributed by atoms with Crippen LogP contribution in [0.15, 0.2) is 23.2 Å². The summed E-state index contributed by atoms with van der Waals surface area (Å²) in [7, 11) is 1.63. The predicted octanol–water partition coefficient (Wildman–Crippen LogP) is 2.90. The Morgan fingerprint density at radius 2 is 1.95 bits per heavy atom. The van der Waals surface area contributed by atoms with Crippen LogP contribution in [0, 0.1) is 0 Å². The molecule has 0 spiro atoms. The van der Waals surface area contributed by atoms with Gasteiger partial charge in [-0.15, -0.1) is 0 Å². The largest absolute Gasteiger partial charge is 0.347 e. The highest BCUT2D eigenvalue weighted by Gasteiger charge is 2.25. The third-order valence-electron chi connectivity index (χ3n) is 3.41. The number of benzene rings is 1. The average Bonchev–Trinajstić information content (AvgIpc) is 2.79.